The molecule has 3 aromatic rings. The number of rotatable bonds is 4. The molecule has 1 atom stereocenters. The molecule has 3 aliphatic heterocycles. The maximum absolute atomic E-state index is 11.2. The van der Waals surface area contributed by atoms with Crippen LogP contribution in [0.15, 0.2) is 60.7 Å². The molecule has 3 fully saturated rings. The molecule has 4 heteroatoms. The molecule has 0 spiro atoms. The molecule has 4 heterocycles. The molecule has 0 aliphatic carbocycles. The van der Waals surface area contributed by atoms with Crippen LogP contribution in [-0.4, -0.2) is 34.6 Å². The summed E-state index contributed by atoms with van der Waals surface area (Å²) in [5.41, 5.74) is 2.36. The number of aliphatic hydroxyl groups is 1. The quantitative estimate of drug-likeness (QED) is 0.770. The Bertz CT molecular complexity index is 948. The van der Waals surface area contributed by atoms with Gasteiger partial charge in [0, 0.05) is 18.0 Å². The van der Waals surface area contributed by atoms with Crippen molar-refractivity contribution in [2.24, 2.45) is 5.92 Å². The van der Waals surface area contributed by atoms with Crippen molar-refractivity contribution in [1.82, 2.24) is 9.88 Å². The highest BCUT2D eigenvalue weighted by molar-refractivity contribution is 5.78. The third kappa shape index (κ3) is 3.09. The molecule has 0 saturated carbocycles. The molecule has 0 amide bonds. The molecule has 1 aromatic heterocycles. The van der Waals surface area contributed by atoms with Crippen molar-refractivity contribution in [3.05, 3.63) is 71.8 Å². The fourth-order valence-electron chi connectivity index (χ4n) is 4.54. The first-order chi connectivity index (χ1) is 13.2. The number of piperidine rings is 3. The van der Waals surface area contributed by atoms with Gasteiger partial charge in [0.05, 0.1) is 5.52 Å². The minimum Gasteiger partial charge on any atom is -0.473 e. The third-order valence-electron chi connectivity index (χ3n) is 6.14. The summed E-state index contributed by atoms with van der Waals surface area (Å²) < 4.78 is 5.88. The van der Waals surface area contributed by atoms with Gasteiger partial charge in [0.25, 0.3) is 0 Å². The van der Waals surface area contributed by atoms with E-state index in [1.807, 2.05) is 36.4 Å². The Balaban J connectivity index is 1.29. The second-order valence-corrected chi connectivity index (χ2v) is 7.80. The normalized spacial score (nSPS) is 27.0. The van der Waals surface area contributed by atoms with Crippen molar-refractivity contribution in [1.29, 1.82) is 0 Å². The number of hydrogen-bond donors (Lipinski definition) is 1. The van der Waals surface area contributed by atoms with Crippen LogP contribution >= 0.6 is 0 Å². The predicted octanol–water partition coefficient (Wildman–Crippen LogP) is 3.73. The molecule has 2 bridgehead atoms. The second kappa shape index (κ2) is 6.63. The van der Waals surface area contributed by atoms with Gasteiger partial charge in [0.1, 0.15) is 12.2 Å². The van der Waals surface area contributed by atoms with Crippen molar-refractivity contribution >= 4 is 10.9 Å². The Morgan fingerprint density at radius 2 is 1.78 bits per heavy atom. The minimum absolute atomic E-state index is 0.381. The second-order valence-electron chi connectivity index (χ2n) is 7.80. The first-order valence-electron chi connectivity index (χ1n) is 9.73. The molecule has 4 nitrogen and oxygen atoms in total. The largest absolute Gasteiger partial charge is 0.473 e. The Kier molecular flexibility index (Phi) is 4.10. The molecular formula is C23H24N2O2. The first-order valence-corrected chi connectivity index (χ1v) is 9.73. The van der Waals surface area contributed by atoms with Crippen molar-refractivity contribution in [3.8, 4) is 5.88 Å². The summed E-state index contributed by atoms with van der Waals surface area (Å²) in [7, 11) is 0. The SMILES string of the molecule is OC1(c2ccc(COc3ccc4ccccc4n3)cc2)CN2CCC1CC2. The number of fused-ring (bicyclic) bond motifs is 4. The first kappa shape index (κ1) is 16.7. The molecule has 6 rings (SSSR count). The van der Waals surface area contributed by atoms with Crippen LogP contribution in [0.4, 0.5) is 0 Å². The van der Waals surface area contributed by atoms with E-state index in [1.165, 1.54) is 0 Å². The van der Waals surface area contributed by atoms with Crippen LogP contribution in [0.1, 0.15) is 24.0 Å². The summed E-state index contributed by atoms with van der Waals surface area (Å²) in [6, 6.07) is 20.2. The lowest BCUT2D eigenvalue weighted by Crippen LogP contribution is -2.57. The molecule has 1 N–H and O–H groups in total. The van der Waals surface area contributed by atoms with Gasteiger partial charge in [-0.2, -0.15) is 0 Å². The van der Waals surface area contributed by atoms with E-state index in [2.05, 4.69) is 34.1 Å². The average Bonchev–Trinajstić information content (AvgIpc) is 2.73. The van der Waals surface area contributed by atoms with E-state index in [1.54, 1.807) is 0 Å². The average molecular weight is 360 g/mol. The van der Waals surface area contributed by atoms with E-state index in [-0.39, 0.29) is 0 Å². The van der Waals surface area contributed by atoms with Gasteiger partial charge in [0.15, 0.2) is 0 Å². The summed E-state index contributed by atoms with van der Waals surface area (Å²) in [5.74, 6) is 1.01. The van der Waals surface area contributed by atoms with Gasteiger partial charge in [-0.3, -0.25) is 0 Å². The molecule has 2 aromatic carbocycles. The molecule has 27 heavy (non-hydrogen) atoms. The fourth-order valence-corrected chi connectivity index (χ4v) is 4.54. The van der Waals surface area contributed by atoms with Gasteiger partial charge in [-0.05, 0) is 55.1 Å². The minimum atomic E-state index is -0.699. The Hall–Kier alpha value is -2.43. The van der Waals surface area contributed by atoms with E-state index < -0.39 is 5.60 Å². The zero-order valence-corrected chi connectivity index (χ0v) is 15.3. The maximum Gasteiger partial charge on any atom is 0.214 e. The van der Waals surface area contributed by atoms with Gasteiger partial charge < -0.3 is 14.7 Å². The van der Waals surface area contributed by atoms with E-state index in [0.717, 1.165) is 54.5 Å². The van der Waals surface area contributed by atoms with Crippen LogP contribution in [0.25, 0.3) is 10.9 Å². The maximum atomic E-state index is 11.2. The standard InChI is InChI=1S/C23H24N2O2/c26-23(16-25-13-11-20(23)12-14-25)19-8-5-17(6-9-19)15-27-22-10-7-18-3-1-2-4-21(18)24-22/h1-10,20,26H,11-16H2. The lowest BCUT2D eigenvalue weighted by Gasteiger charge is -2.50. The summed E-state index contributed by atoms with van der Waals surface area (Å²) in [6.45, 7) is 3.48. The van der Waals surface area contributed by atoms with Crippen LogP contribution in [0.5, 0.6) is 5.88 Å². The summed E-state index contributed by atoms with van der Waals surface area (Å²) in [5, 5.41) is 12.4. The fraction of sp³-hybridized carbons (Fsp3) is 0.348. The Morgan fingerprint density at radius 3 is 2.52 bits per heavy atom. The number of hydrogen-bond acceptors (Lipinski definition) is 4. The Labute approximate surface area is 159 Å². The molecule has 0 radical (unpaired) electrons. The van der Waals surface area contributed by atoms with Gasteiger partial charge in [0.2, 0.25) is 5.88 Å². The van der Waals surface area contributed by atoms with E-state index in [0.29, 0.717) is 18.4 Å². The zero-order chi connectivity index (χ0) is 18.3. The van der Waals surface area contributed by atoms with Crippen LogP contribution in [0.3, 0.4) is 0 Å². The summed E-state index contributed by atoms with van der Waals surface area (Å²) in [6.07, 6.45) is 2.18. The van der Waals surface area contributed by atoms with Crippen LogP contribution in [0.2, 0.25) is 0 Å². The number of ether oxygens (including phenoxy) is 1. The van der Waals surface area contributed by atoms with Gasteiger partial charge in [-0.15, -0.1) is 0 Å². The van der Waals surface area contributed by atoms with E-state index in [4.69, 9.17) is 4.74 Å². The summed E-state index contributed by atoms with van der Waals surface area (Å²) >= 11 is 0. The monoisotopic (exact) mass is 360 g/mol. The molecule has 1 unspecified atom stereocenters. The predicted molar refractivity (Wildman–Crippen MR) is 106 cm³/mol. The topological polar surface area (TPSA) is 45.6 Å². The van der Waals surface area contributed by atoms with Gasteiger partial charge >= 0.3 is 0 Å². The van der Waals surface area contributed by atoms with Crippen molar-refractivity contribution in [2.45, 2.75) is 25.0 Å². The van der Waals surface area contributed by atoms with Crippen molar-refractivity contribution in [2.75, 3.05) is 19.6 Å². The van der Waals surface area contributed by atoms with Crippen molar-refractivity contribution in [3.63, 3.8) is 0 Å². The third-order valence-corrected chi connectivity index (χ3v) is 6.14. The van der Waals surface area contributed by atoms with Crippen molar-refractivity contribution < 1.29 is 9.84 Å². The molecule has 138 valence electrons. The van der Waals surface area contributed by atoms with Crippen LogP contribution < -0.4 is 4.74 Å². The summed E-state index contributed by atoms with van der Waals surface area (Å²) in [4.78, 5) is 6.93. The number of para-hydroxylation sites is 1. The van der Waals surface area contributed by atoms with Crippen LogP contribution in [0, 0.1) is 5.92 Å². The van der Waals surface area contributed by atoms with E-state index >= 15 is 0 Å². The molecule has 3 aliphatic rings. The lowest BCUT2D eigenvalue weighted by atomic mass is 9.71. The highest BCUT2D eigenvalue weighted by atomic mass is 16.5. The highest BCUT2D eigenvalue weighted by Gasteiger charge is 2.46. The molecular weight excluding hydrogens is 336 g/mol. The Morgan fingerprint density at radius 1 is 1.00 bits per heavy atom. The number of benzene rings is 2. The molecule has 3 saturated heterocycles. The van der Waals surface area contributed by atoms with Gasteiger partial charge in [-0.25, -0.2) is 4.98 Å². The number of aromatic nitrogens is 1. The van der Waals surface area contributed by atoms with Gasteiger partial charge in [-0.1, -0.05) is 42.5 Å². The smallest absolute Gasteiger partial charge is 0.214 e. The lowest BCUT2D eigenvalue weighted by molar-refractivity contribution is -0.117. The van der Waals surface area contributed by atoms with Crippen LogP contribution in [-0.2, 0) is 12.2 Å². The van der Waals surface area contributed by atoms with E-state index in [9.17, 15) is 5.11 Å². The zero-order valence-electron chi connectivity index (χ0n) is 15.3. The number of nitrogens with zero attached hydrogens (tertiary/aromatic N) is 2. The number of pyridine rings is 1. The highest BCUT2D eigenvalue weighted by Crippen LogP contribution is 2.42.